The number of nitrogens with zero attached hydrogens (tertiary/aromatic N) is 4. The summed E-state index contributed by atoms with van der Waals surface area (Å²) >= 11 is 1.36. The van der Waals surface area contributed by atoms with Crippen molar-refractivity contribution in [1.82, 2.24) is 19.5 Å². The highest BCUT2D eigenvalue weighted by Crippen LogP contribution is 2.16. The SMILES string of the molecule is COc1cccc(NC(=O)Cn2cnc3nc(SC)ncc3c2=O)c1. The number of fused-ring (bicyclic) bond motifs is 1. The smallest absolute Gasteiger partial charge is 0.264 e. The minimum atomic E-state index is -0.363. The molecule has 0 aliphatic carbocycles. The van der Waals surface area contributed by atoms with Gasteiger partial charge in [0, 0.05) is 18.0 Å². The summed E-state index contributed by atoms with van der Waals surface area (Å²) in [6, 6.07) is 6.96. The number of carbonyl (C=O) groups excluding carboxylic acids is 1. The first-order valence-corrected chi connectivity index (χ1v) is 8.53. The number of benzene rings is 1. The van der Waals surface area contributed by atoms with Crippen molar-refractivity contribution in [3.63, 3.8) is 0 Å². The van der Waals surface area contributed by atoms with Gasteiger partial charge in [0.05, 0.1) is 7.11 Å². The fourth-order valence-corrected chi connectivity index (χ4v) is 2.54. The molecule has 3 rings (SSSR count). The number of thioether (sulfide) groups is 1. The highest BCUT2D eigenvalue weighted by molar-refractivity contribution is 7.98. The van der Waals surface area contributed by atoms with Crippen LogP contribution in [0.5, 0.6) is 5.75 Å². The van der Waals surface area contributed by atoms with Gasteiger partial charge in [0.2, 0.25) is 5.91 Å². The van der Waals surface area contributed by atoms with Crippen molar-refractivity contribution >= 4 is 34.4 Å². The number of anilines is 1. The van der Waals surface area contributed by atoms with Crippen LogP contribution in [0, 0.1) is 0 Å². The second kappa shape index (κ2) is 7.31. The van der Waals surface area contributed by atoms with E-state index in [1.807, 2.05) is 6.26 Å². The van der Waals surface area contributed by atoms with E-state index in [-0.39, 0.29) is 23.4 Å². The van der Waals surface area contributed by atoms with Gasteiger partial charge in [-0.25, -0.2) is 15.0 Å². The molecule has 128 valence electrons. The van der Waals surface area contributed by atoms with Crippen LogP contribution in [-0.4, -0.2) is 38.8 Å². The number of hydrogen-bond donors (Lipinski definition) is 1. The molecule has 0 radical (unpaired) electrons. The Labute approximate surface area is 147 Å². The van der Waals surface area contributed by atoms with Gasteiger partial charge in [0.1, 0.15) is 24.0 Å². The summed E-state index contributed by atoms with van der Waals surface area (Å²) in [7, 11) is 1.55. The van der Waals surface area contributed by atoms with Crippen LogP contribution in [0.15, 0.2) is 46.7 Å². The molecule has 0 saturated carbocycles. The number of nitrogens with one attached hydrogen (secondary N) is 1. The van der Waals surface area contributed by atoms with Crippen LogP contribution in [0.2, 0.25) is 0 Å². The van der Waals surface area contributed by atoms with E-state index in [9.17, 15) is 9.59 Å². The van der Waals surface area contributed by atoms with Crippen molar-refractivity contribution in [2.75, 3.05) is 18.7 Å². The molecule has 0 unspecified atom stereocenters. The maximum Gasteiger partial charge on any atom is 0.264 e. The first kappa shape index (κ1) is 16.9. The first-order chi connectivity index (χ1) is 12.1. The van der Waals surface area contributed by atoms with Gasteiger partial charge in [0.25, 0.3) is 5.56 Å². The van der Waals surface area contributed by atoms with Crippen molar-refractivity contribution in [1.29, 1.82) is 0 Å². The standard InChI is InChI=1S/C16H15N5O3S/c1-24-11-5-3-4-10(6-11)19-13(22)8-21-9-18-14-12(15(21)23)7-17-16(20-14)25-2/h3-7,9H,8H2,1-2H3,(H,19,22). The Balaban J connectivity index is 1.81. The number of hydrogen-bond acceptors (Lipinski definition) is 7. The van der Waals surface area contributed by atoms with Crippen molar-refractivity contribution < 1.29 is 9.53 Å². The van der Waals surface area contributed by atoms with E-state index in [1.165, 1.54) is 28.9 Å². The third kappa shape index (κ3) is 3.77. The van der Waals surface area contributed by atoms with E-state index in [4.69, 9.17) is 4.74 Å². The van der Waals surface area contributed by atoms with E-state index in [0.29, 0.717) is 22.2 Å². The molecular weight excluding hydrogens is 342 g/mol. The largest absolute Gasteiger partial charge is 0.497 e. The molecular formula is C16H15N5O3S. The fourth-order valence-electron chi connectivity index (χ4n) is 2.21. The van der Waals surface area contributed by atoms with E-state index >= 15 is 0 Å². The average molecular weight is 357 g/mol. The van der Waals surface area contributed by atoms with Crippen LogP contribution in [0.1, 0.15) is 0 Å². The minimum absolute atomic E-state index is 0.163. The number of rotatable bonds is 5. The molecule has 0 fully saturated rings. The summed E-state index contributed by atoms with van der Waals surface area (Å²) in [5.41, 5.74) is 0.534. The molecule has 8 nitrogen and oxygen atoms in total. The molecule has 9 heteroatoms. The van der Waals surface area contributed by atoms with Crippen LogP contribution in [-0.2, 0) is 11.3 Å². The number of methoxy groups -OCH3 is 1. The van der Waals surface area contributed by atoms with Crippen molar-refractivity contribution in [2.24, 2.45) is 0 Å². The molecule has 3 aromatic rings. The number of amides is 1. The topological polar surface area (TPSA) is 99.0 Å². The highest BCUT2D eigenvalue weighted by atomic mass is 32.2. The lowest BCUT2D eigenvalue weighted by Gasteiger charge is -2.09. The summed E-state index contributed by atoms with van der Waals surface area (Å²) in [5, 5.41) is 3.53. The summed E-state index contributed by atoms with van der Waals surface area (Å²) in [5.74, 6) is 0.280. The van der Waals surface area contributed by atoms with Crippen LogP contribution in [0.3, 0.4) is 0 Å². The highest BCUT2D eigenvalue weighted by Gasteiger charge is 2.10. The molecule has 1 amide bonds. The van der Waals surface area contributed by atoms with Gasteiger partial charge in [0.15, 0.2) is 10.8 Å². The molecule has 2 aromatic heterocycles. The lowest BCUT2D eigenvalue weighted by atomic mass is 10.3. The van der Waals surface area contributed by atoms with Crippen LogP contribution < -0.4 is 15.6 Å². The second-order valence-electron chi connectivity index (χ2n) is 5.05. The minimum Gasteiger partial charge on any atom is -0.497 e. The molecule has 0 atom stereocenters. The van der Waals surface area contributed by atoms with Crippen LogP contribution in [0.4, 0.5) is 5.69 Å². The molecule has 0 aliphatic rings. The maximum atomic E-state index is 12.5. The molecule has 1 aromatic carbocycles. The molecule has 0 spiro atoms. The Morgan fingerprint density at radius 3 is 2.96 bits per heavy atom. The van der Waals surface area contributed by atoms with E-state index in [2.05, 4.69) is 20.3 Å². The summed E-state index contributed by atoms with van der Waals surface area (Å²) in [6.07, 6.45) is 4.58. The third-order valence-corrected chi connectivity index (χ3v) is 3.97. The normalized spacial score (nSPS) is 10.6. The van der Waals surface area contributed by atoms with Crippen LogP contribution >= 0.6 is 11.8 Å². The Bertz CT molecular complexity index is 989. The second-order valence-corrected chi connectivity index (χ2v) is 5.83. The lowest BCUT2D eigenvalue weighted by molar-refractivity contribution is -0.116. The quantitative estimate of drug-likeness (QED) is 0.546. The molecule has 1 N–H and O–H groups in total. The predicted molar refractivity (Wildman–Crippen MR) is 95.0 cm³/mol. The van der Waals surface area contributed by atoms with Crippen LogP contribution in [0.25, 0.3) is 11.0 Å². The summed E-state index contributed by atoms with van der Waals surface area (Å²) < 4.78 is 6.33. The van der Waals surface area contributed by atoms with Gasteiger partial charge < -0.3 is 10.1 Å². The maximum absolute atomic E-state index is 12.5. The number of aromatic nitrogens is 4. The van der Waals surface area contributed by atoms with Crippen molar-refractivity contribution in [3.8, 4) is 5.75 Å². The first-order valence-electron chi connectivity index (χ1n) is 7.31. The third-order valence-electron chi connectivity index (χ3n) is 3.41. The Kier molecular flexibility index (Phi) is 4.94. The zero-order valence-electron chi connectivity index (χ0n) is 13.6. The van der Waals surface area contributed by atoms with E-state index in [1.54, 1.807) is 31.4 Å². The predicted octanol–water partition coefficient (Wildman–Crippen LogP) is 1.56. The van der Waals surface area contributed by atoms with Crippen molar-refractivity contribution in [3.05, 3.63) is 47.1 Å². The average Bonchev–Trinajstić information content (AvgIpc) is 2.63. The lowest BCUT2D eigenvalue weighted by Crippen LogP contribution is -2.28. The van der Waals surface area contributed by atoms with E-state index < -0.39 is 0 Å². The van der Waals surface area contributed by atoms with Gasteiger partial charge in [-0.1, -0.05) is 17.8 Å². The Morgan fingerprint density at radius 2 is 2.20 bits per heavy atom. The molecule has 25 heavy (non-hydrogen) atoms. The van der Waals surface area contributed by atoms with Crippen molar-refractivity contribution in [2.45, 2.75) is 11.7 Å². The van der Waals surface area contributed by atoms with Gasteiger partial charge >= 0.3 is 0 Å². The summed E-state index contributed by atoms with van der Waals surface area (Å²) in [6.45, 7) is -0.163. The zero-order valence-corrected chi connectivity index (χ0v) is 14.4. The molecule has 0 saturated heterocycles. The Hall–Kier alpha value is -2.94. The monoisotopic (exact) mass is 357 g/mol. The van der Waals surface area contributed by atoms with Gasteiger partial charge in [-0.15, -0.1) is 0 Å². The fraction of sp³-hybridized carbons (Fsp3) is 0.188. The van der Waals surface area contributed by atoms with E-state index in [0.717, 1.165) is 0 Å². The molecule has 2 heterocycles. The number of carbonyl (C=O) groups is 1. The molecule has 0 bridgehead atoms. The zero-order chi connectivity index (χ0) is 17.8. The van der Waals surface area contributed by atoms with Gasteiger partial charge in [-0.3, -0.25) is 14.2 Å². The van der Waals surface area contributed by atoms with Gasteiger partial charge in [-0.2, -0.15) is 0 Å². The Morgan fingerprint density at radius 1 is 1.36 bits per heavy atom. The summed E-state index contributed by atoms with van der Waals surface area (Å²) in [4.78, 5) is 37.0. The number of ether oxygens (including phenoxy) is 1. The molecule has 0 aliphatic heterocycles. The van der Waals surface area contributed by atoms with Gasteiger partial charge in [-0.05, 0) is 18.4 Å².